The van der Waals surface area contributed by atoms with E-state index in [4.69, 9.17) is 0 Å². The summed E-state index contributed by atoms with van der Waals surface area (Å²) in [5.74, 6) is 0.0224. The molecule has 0 spiro atoms. The van der Waals surface area contributed by atoms with Crippen LogP contribution >= 0.6 is 11.3 Å². The maximum absolute atomic E-state index is 13.0. The standard InChI is InChI=1S/C24H24N4OS/c1-16-7-8-17(2)22(13-16)27-9-11-28(12-10-27)24(29)21-15-30-23(26-21)20-14-18-5-3-4-6-19(18)25-20/h3-8,13-15,25H,9-12H2,1-2H3. The molecule has 0 atom stereocenters. The summed E-state index contributed by atoms with van der Waals surface area (Å²) in [4.78, 5) is 25.4. The molecular weight excluding hydrogens is 392 g/mol. The number of anilines is 1. The molecule has 152 valence electrons. The van der Waals surface area contributed by atoms with Crippen molar-refractivity contribution in [2.24, 2.45) is 0 Å². The van der Waals surface area contributed by atoms with Crippen LogP contribution in [0.1, 0.15) is 21.6 Å². The number of rotatable bonds is 3. The number of carbonyl (C=O) groups is 1. The number of amides is 1. The molecule has 1 N–H and O–H groups in total. The molecule has 30 heavy (non-hydrogen) atoms. The number of aromatic nitrogens is 2. The zero-order valence-electron chi connectivity index (χ0n) is 17.2. The molecule has 0 unspecified atom stereocenters. The molecule has 1 aliphatic rings. The van der Waals surface area contributed by atoms with Crippen LogP contribution in [0.4, 0.5) is 5.69 Å². The molecule has 3 heterocycles. The van der Waals surface area contributed by atoms with Gasteiger partial charge in [-0.15, -0.1) is 11.3 Å². The third-order valence-corrected chi connectivity index (χ3v) is 6.63. The van der Waals surface area contributed by atoms with E-state index >= 15 is 0 Å². The maximum atomic E-state index is 13.0. The minimum Gasteiger partial charge on any atom is -0.368 e. The van der Waals surface area contributed by atoms with Crippen molar-refractivity contribution in [3.8, 4) is 10.7 Å². The van der Waals surface area contributed by atoms with Gasteiger partial charge >= 0.3 is 0 Å². The monoisotopic (exact) mass is 416 g/mol. The van der Waals surface area contributed by atoms with Gasteiger partial charge in [-0.2, -0.15) is 0 Å². The second-order valence-electron chi connectivity index (χ2n) is 7.88. The zero-order valence-corrected chi connectivity index (χ0v) is 18.0. The first-order valence-corrected chi connectivity index (χ1v) is 11.1. The number of hydrogen-bond donors (Lipinski definition) is 1. The smallest absolute Gasteiger partial charge is 0.273 e. The van der Waals surface area contributed by atoms with E-state index in [0.29, 0.717) is 18.8 Å². The van der Waals surface area contributed by atoms with Gasteiger partial charge in [-0.3, -0.25) is 4.79 Å². The number of H-pyrrole nitrogens is 1. The van der Waals surface area contributed by atoms with Crippen LogP contribution in [0.2, 0.25) is 0 Å². The molecule has 6 heteroatoms. The van der Waals surface area contributed by atoms with Crippen molar-refractivity contribution in [1.82, 2.24) is 14.9 Å². The Morgan fingerprint density at radius 2 is 1.83 bits per heavy atom. The van der Waals surface area contributed by atoms with E-state index < -0.39 is 0 Å². The van der Waals surface area contributed by atoms with E-state index in [0.717, 1.165) is 34.7 Å². The largest absolute Gasteiger partial charge is 0.368 e. The Hall–Kier alpha value is -3.12. The number of para-hydroxylation sites is 1. The minimum atomic E-state index is 0.0224. The summed E-state index contributed by atoms with van der Waals surface area (Å²) in [6.07, 6.45) is 0. The van der Waals surface area contributed by atoms with Crippen LogP contribution in [0, 0.1) is 13.8 Å². The van der Waals surface area contributed by atoms with Gasteiger partial charge < -0.3 is 14.8 Å². The van der Waals surface area contributed by atoms with E-state index in [9.17, 15) is 4.79 Å². The molecule has 0 bridgehead atoms. The molecule has 1 saturated heterocycles. The Bertz CT molecular complexity index is 1180. The lowest BCUT2D eigenvalue weighted by Gasteiger charge is -2.36. The van der Waals surface area contributed by atoms with Crippen molar-refractivity contribution in [3.05, 3.63) is 70.7 Å². The van der Waals surface area contributed by atoms with Crippen molar-refractivity contribution >= 4 is 33.8 Å². The highest BCUT2D eigenvalue weighted by molar-refractivity contribution is 7.13. The first-order valence-electron chi connectivity index (χ1n) is 10.2. The lowest BCUT2D eigenvalue weighted by atomic mass is 10.1. The fourth-order valence-corrected chi connectivity index (χ4v) is 4.82. The molecule has 2 aromatic carbocycles. The molecule has 5 nitrogen and oxygen atoms in total. The summed E-state index contributed by atoms with van der Waals surface area (Å²) >= 11 is 1.51. The van der Waals surface area contributed by atoms with E-state index in [1.54, 1.807) is 0 Å². The van der Waals surface area contributed by atoms with Crippen molar-refractivity contribution in [2.75, 3.05) is 31.1 Å². The van der Waals surface area contributed by atoms with Crippen LogP contribution in [-0.2, 0) is 0 Å². The summed E-state index contributed by atoms with van der Waals surface area (Å²) < 4.78 is 0. The van der Waals surface area contributed by atoms with Gasteiger partial charge in [-0.1, -0.05) is 30.3 Å². The second-order valence-corrected chi connectivity index (χ2v) is 8.74. The van der Waals surface area contributed by atoms with E-state index in [2.05, 4.69) is 59.0 Å². The molecular formula is C24H24N4OS. The number of benzene rings is 2. The minimum absolute atomic E-state index is 0.0224. The third-order valence-electron chi connectivity index (χ3n) is 5.76. The van der Waals surface area contributed by atoms with E-state index in [1.165, 1.54) is 28.2 Å². The maximum Gasteiger partial charge on any atom is 0.273 e. The lowest BCUT2D eigenvalue weighted by Crippen LogP contribution is -2.49. The molecule has 1 fully saturated rings. The summed E-state index contributed by atoms with van der Waals surface area (Å²) in [7, 11) is 0. The number of nitrogens with one attached hydrogen (secondary N) is 1. The normalized spacial score (nSPS) is 14.5. The molecule has 1 aliphatic heterocycles. The fraction of sp³-hybridized carbons (Fsp3) is 0.250. The highest BCUT2D eigenvalue weighted by Gasteiger charge is 2.25. The zero-order chi connectivity index (χ0) is 20.7. The van der Waals surface area contributed by atoms with Crippen LogP contribution < -0.4 is 4.90 Å². The Labute approximate surface area is 180 Å². The van der Waals surface area contributed by atoms with Gasteiger partial charge in [0.05, 0.1) is 5.69 Å². The number of hydrogen-bond acceptors (Lipinski definition) is 4. The Balaban J connectivity index is 1.29. The number of nitrogens with zero attached hydrogens (tertiary/aromatic N) is 3. The third kappa shape index (κ3) is 3.48. The van der Waals surface area contributed by atoms with Crippen molar-refractivity contribution < 1.29 is 4.79 Å². The first kappa shape index (κ1) is 18.9. The average Bonchev–Trinajstić information content (AvgIpc) is 3.42. The van der Waals surface area contributed by atoms with Gasteiger partial charge in [-0.25, -0.2) is 4.98 Å². The quantitative estimate of drug-likeness (QED) is 0.518. The number of aryl methyl sites for hydroxylation is 2. The van der Waals surface area contributed by atoms with E-state index in [-0.39, 0.29) is 5.91 Å². The summed E-state index contributed by atoms with van der Waals surface area (Å²) in [5.41, 5.74) is 6.40. The van der Waals surface area contributed by atoms with Gasteiger partial charge in [0.2, 0.25) is 0 Å². The molecule has 1 amide bonds. The van der Waals surface area contributed by atoms with Crippen LogP contribution in [0.5, 0.6) is 0 Å². The number of fused-ring (bicyclic) bond motifs is 1. The molecule has 5 rings (SSSR count). The summed E-state index contributed by atoms with van der Waals surface area (Å²) in [6.45, 7) is 7.38. The predicted octanol–water partition coefficient (Wildman–Crippen LogP) is 4.87. The molecule has 2 aromatic heterocycles. The van der Waals surface area contributed by atoms with Gasteiger partial charge in [0.15, 0.2) is 0 Å². The van der Waals surface area contributed by atoms with Gasteiger partial charge in [0.25, 0.3) is 5.91 Å². The SMILES string of the molecule is Cc1ccc(C)c(N2CCN(C(=O)c3csc(-c4cc5ccccc5[nH]4)n3)CC2)c1. The number of thiazole rings is 1. The number of piperazine rings is 1. The molecule has 0 radical (unpaired) electrons. The van der Waals surface area contributed by atoms with Crippen LogP contribution in [0.25, 0.3) is 21.6 Å². The number of carbonyl (C=O) groups excluding carboxylic acids is 1. The van der Waals surface area contributed by atoms with Crippen molar-refractivity contribution in [1.29, 1.82) is 0 Å². The van der Waals surface area contributed by atoms with E-state index in [1.807, 2.05) is 28.5 Å². The van der Waals surface area contributed by atoms with Gasteiger partial charge in [0, 0.05) is 48.1 Å². The topological polar surface area (TPSA) is 52.2 Å². The predicted molar refractivity (Wildman–Crippen MR) is 123 cm³/mol. The Kier molecular flexibility index (Phi) is 4.79. The van der Waals surface area contributed by atoms with Gasteiger partial charge in [-0.05, 0) is 43.2 Å². The Morgan fingerprint density at radius 3 is 2.63 bits per heavy atom. The van der Waals surface area contributed by atoms with Crippen LogP contribution in [-0.4, -0.2) is 47.0 Å². The van der Waals surface area contributed by atoms with Crippen LogP contribution in [0.3, 0.4) is 0 Å². The highest BCUT2D eigenvalue weighted by Crippen LogP contribution is 2.28. The molecule has 4 aromatic rings. The summed E-state index contributed by atoms with van der Waals surface area (Å²) in [6, 6.07) is 16.8. The Morgan fingerprint density at radius 1 is 1.03 bits per heavy atom. The van der Waals surface area contributed by atoms with Crippen LogP contribution in [0.15, 0.2) is 53.9 Å². The first-order chi connectivity index (χ1) is 14.6. The molecule has 0 aliphatic carbocycles. The number of aromatic amines is 1. The molecule has 0 saturated carbocycles. The van der Waals surface area contributed by atoms with Crippen molar-refractivity contribution in [2.45, 2.75) is 13.8 Å². The highest BCUT2D eigenvalue weighted by atomic mass is 32.1. The second kappa shape index (κ2) is 7.61. The summed E-state index contributed by atoms with van der Waals surface area (Å²) in [5, 5.41) is 3.88. The van der Waals surface area contributed by atoms with Gasteiger partial charge in [0.1, 0.15) is 10.7 Å². The fourth-order valence-electron chi connectivity index (χ4n) is 4.06. The average molecular weight is 417 g/mol. The lowest BCUT2D eigenvalue weighted by molar-refractivity contribution is 0.0742. The van der Waals surface area contributed by atoms with Crippen molar-refractivity contribution in [3.63, 3.8) is 0 Å².